The minimum Gasteiger partial charge on any atom is -0.478 e. The van der Waals surface area contributed by atoms with Crippen LogP contribution in [0.25, 0.3) is 0 Å². The molecule has 0 unspecified atom stereocenters. The van der Waals surface area contributed by atoms with Crippen molar-refractivity contribution in [3.8, 4) is 0 Å². The summed E-state index contributed by atoms with van der Waals surface area (Å²) in [5.41, 5.74) is 5.65. The number of ketones is 2. The van der Waals surface area contributed by atoms with Crippen molar-refractivity contribution >= 4 is 23.5 Å². The molecule has 2 aliphatic heterocycles. The van der Waals surface area contributed by atoms with Gasteiger partial charge < -0.3 is 19.0 Å². The molecule has 52 heavy (non-hydrogen) atoms. The highest BCUT2D eigenvalue weighted by atomic mass is 16.5. The van der Waals surface area contributed by atoms with Gasteiger partial charge in [0.2, 0.25) is 0 Å². The average Bonchev–Trinajstić information content (AvgIpc) is 3.71. The normalized spacial score (nSPS) is 25.2. The molecule has 4 aromatic rings. The van der Waals surface area contributed by atoms with Gasteiger partial charge in [-0.1, -0.05) is 60.7 Å². The number of carbonyl (C=O) groups excluding carboxylic acids is 3. The molecule has 0 spiro atoms. The Morgan fingerprint density at radius 2 is 1.19 bits per heavy atom. The van der Waals surface area contributed by atoms with E-state index in [0.717, 1.165) is 70.2 Å². The van der Waals surface area contributed by atoms with Gasteiger partial charge in [-0.05, 0) is 93.4 Å². The van der Waals surface area contributed by atoms with Crippen molar-refractivity contribution in [3.63, 3.8) is 0 Å². The van der Waals surface area contributed by atoms with Gasteiger partial charge in [0.15, 0.2) is 0 Å². The lowest BCUT2D eigenvalue weighted by Crippen LogP contribution is -2.43. The summed E-state index contributed by atoms with van der Waals surface area (Å²) in [5, 5.41) is 9.45. The fourth-order valence-electron chi connectivity index (χ4n) is 9.97. The van der Waals surface area contributed by atoms with Gasteiger partial charge in [-0.3, -0.25) is 9.59 Å². The number of esters is 1. The van der Waals surface area contributed by atoms with Crippen molar-refractivity contribution in [3.05, 3.63) is 119 Å². The van der Waals surface area contributed by atoms with Crippen LogP contribution in [0.4, 0.5) is 0 Å². The lowest BCUT2D eigenvalue weighted by Gasteiger charge is -2.43. The molecule has 8 heteroatoms. The Kier molecular flexibility index (Phi) is 10.4. The van der Waals surface area contributed by atoms with E-state index in [9.17, 15) is 24.3 Å². The van der Waals surface area contributed by atoms with Crippen LogP contribution >= 0.6 is 0 Å². The number of carboxylic acid groups (broad SMARTS) is 1. The zero-order chi connectivity index (χ0) is 36.3. The van der Waals surface area contributed by atoms with Crippen LogP contribution in [-0.4, -0.2) is 44.4 Å². The molecule has 2 aromatic carbocycles. The van der Waals surface area contributed by atoms with E-state index < -0.39 is 5.97 Å². The summed E-state index contributed by atoms with van der Waals surface area (Å²) >= 11 is 0. The molecular weight excluding hydrogens is 652 g/mol. The Labute approximate surface area is 306 Å². The second kappa shape index (κ2) is 15.1. The Hall–Kier alpha value is -4.72. The van der Waals surface area contributed by atoms with Gasteiger partial charge in [0.05, 0.1) is 17.7 Å². The predicted octanol–water partition coefficient (Wildman–Crippen LogP) is 8.14. The Balaban J connectivity index is 0.000000162. The zero-order valence-electron chi connectivity index (χ0n) is 30.2. The number of rotatable bonds is 7. The summed E-state index contributed by atoms with van der Waals surface area (Å²) in [6.45, 7) is 3.95. The lowest BCUT2D eigenvalue weighted by atomic mass is 9.60. The van der Waals surface area contributed by atoms with E-state index in [2.05, 4.69) is 45.5 Å². The smallest absolute Gasteiger partial charge is 0.339 e. The fraction of sp³-hybridized carbons (Fsp3) is 0.455. The molecule has 4 aliphatic rings. The topological polar surface area (TPSA) is 108 Å². The highest BCUT2D eigenvalue weighted by Gasteiger charge is 2.48. The SMILES string of the molecule is CCOC(=O)c1cc2n(c1)CCC[C@H]1CC(=O)CC[C@@]21Cc1ccccc1.O=C1CC[C@@]2(Cc3ccccc3)c3cc(C(=O)O)cn3CCC[C@H]2C1. The van der Waals surface area contributed by atoms with Gasteiger partial charge in [0, 0.05) is 73.4 Å². The molecule has 0 saturated heterocycles. The molecular formula is C44H50N2O6. The quantitative estimate of drug-likeness (QED) is 0.195. The number of nitrogens with zero attached hydrogens (tertiary/aromatic N) is 2. The van der Waals surface area contributed by atoms with Gasteiger partial charge in [0.25, 0.3) is 0 Å². The molecule has 4 heterocycles. The summed E-state index contributed by atoms with van der Waals surface area (Å²) in [5.74, 6) is 0.244. The van der Waals surface area contributed by atoms with Crippen molar-refractivity contribution in [2.24, 2.45) is 11.8 Å². The molecule has 4 atom stereocenters. The molecule has 0 bridgehead atoms. The summed E-state index contributed by atoms with van der Waals surface area (Å²) in [7, 11) is 0. The first kappa shape index (κ1) is 35.7. The van der Waals surface area contributed by atoms with Crippen molar-refractivity contribution in [2.75, 3.05) is 6.61 Å². The maximum absolute atomic E-state index is 12.3. The van der Waals surface area contributed by atoms with E-state index in [1.165, 1.54) is 16.8 Å². The van der Waals surface area contributed by atoms with E-state index in [1.54, 1.807) is 6.20 Å². The lowest BCUT2D eigenvalue weighted by molar-refractivity contribution is -0.124. The van der Waals surface area contributed by atoms with Crippen molar-refractivity contribution in [2.45, 2.75) is 108 Å². The molecule has 2 aliphatic carbocycles. The Morgan fingerprint density at radius 3 is 1.65 bits per heavy atom. The van der Waals surface area contributed by atoms with Crippen LogP contribution in [0.15, 0.2) is 85.2 Å². The third-order valence-electron chi connectivity index (χ3n) is 12.4. The van der Waals surface area contributed by atoms with Gasteiger partial charge in [-0.15, -0.1) is 0 Å². The van der Waals surface area contributed by atoms with E-state index in [1.807, 2.05) is 49.5 Å². The van der Waals surface area contributed by atoms with Gasteiger partial charge in [0.1, 0.15) is 11.6 Å². The first-order valence-corrected chi connectivity index (χ1v) is 19.1. The third kappa shape index (κ3) is 7.04. The number of Topliss-reactive ketones (excluding diaryl/α,β-unsaturated/α-hetero) is 2. The number of ether oxygens (including phenoxy) is 1. The van der Waals surface area contributed by atoms with Gasteiger partial charge >= 0.3 is 11.9 Å². The van der Waals surface area contributed by atoms with Crippen LogP contribution in [0.2, 0.25) is 0 Å². The van der Waals surface area contributed by atoms with E-state index in [4.69, 9.17) is 4.74 Å². The molecule has 0 radical (unpaired) electrons. The van der Waals surface area contributed by atoms with Crippen LogP contribution < -0.4 is 0 Å². The van der Waals surface area contributed by atoms with Crippen LogP contribution in [0, 0.1) is 11.8 Å². The van der Waals surface area contributed by atoms with Gasteiger partial charge in [-0.25, -0.2) is 9.59 Å². The van der Waals surface area contributed by atoms with Crippen molar-refractivity contribution in [1.29, 1.82) is 0 Å². The molecule has 8 nitrogen and oxygen atoms in total. The molecule has 0 amide bonds. The Bertz CT molecular complexity index is 1930. The highest BCUT2D eigenvalue weighted by molar-refractivity contribution is 5.90. The van der Waals surface area contributed by atoms with Crippen molar-refractivity contribution < 1.29 is 29.0 Å². The summed E-state index contributed by atoms with van der Waals surface area (Å²) < 4.78 is 9.63. The number of aromatic nitrogens is 2. The largest absolute Gasteiger partial charge is 0.478 e. The molecule has 272 valence electrons. The maximum atomic E-state index is 12.3. The third-order valence-corrected chi connectivity index (χ3v) is 12.4. The summed E-state index contributed by atoms with van der Waals surface area (Å²) in [6, 6.07) is 24.8. The monoisotopic (exact) mass is 702 g/mol. The first-order valence-electron chi connectivity index (χ1n) is 19.1. The number of carboxylic acids is 1. The number of aryl methyl sites for hydroxylation is 2. The number of hydrogen-bond donors (Lipinski definition) is 1. The highest BCUT2D eigenvalue weighted by Crippen LogP contribution is 2.50. The van der Waals surface area contributed by atoms with Crippen LogP contribution in [0.3, 0.4) is 0 Å². The number of aromatic carboxylic acids is 1. The number of fused-ring (bicyclic) bond motifs is 6. The van der Waals surface area contributed by atoms with E-state index in [-0.39, 0.29) is 16.8 Å². The predicted molar refractivity (Wildman–Crippen MR) is 199 cm³/mol. The summed E-state index contributed by atoms with van der Waals surface area (Å²) in [4.78, 5) is 48.2. The minimum atomic E-state index is -0.876. The number of carbonyl (C=O) groups is 4. The number of benzene rings is 2. The first-order chi connectivity index (χ1) is 25.2. The second-order valence-corrected chi connectivity index (χ2v) is 15.4. The second-order valence-electron chi connectivity index (χ2n) is 15.4. The zero-order valence-corrected chi connectivity index (χ0v) is 30.2. The van der Waals surface area contributed by atoms with E-state index >= 15 is 0 Å². The van der Waals surface area contributed by atoms with Crippen LogP contribution in [-0.2, 0) is 51.1 Å². The number of hydrogen-bond acceptors (Lipinski definition) is 5. The van der Waals surface area contributed by atoms with Crippen molar-refractivity contribution in [1.82, 2.24) is 9.13 Å². The maximum Gasteiger partial charge on any atom is 0.339 e. The standard InChI is InChI=1S/C23H27NO3.C21H23NO3/c1-2-27-22(26)18-13-21-23(15-17-7-4-3-5-8-17)11-10-20(25)14-19(23)9-6-12-24(21)16-18;23-18-8-9-21(13-15-5-2-1-3-6-15)17(12-18)7-4-10-22-14-16(20(24)25)11-19(21)22/h3-5,7-8,13,16,19H,2,6,9-12,14-15H2,1H3;1-3,5-6,11,14,17H,4,7-10,12-13H2,(H,24,25)/t19-,23-;17-,21-/m00/s1. The molecule has 2 saturated carbocycles. The summed E-state index contributed by atoms with van der Waals surface area (Å²) in [6.07, 6.45) is 13.8. The Morgan fingerprint density at radius 1 is 0.731 bits per heavy atom. The minimum absolute atomic E-state index is 0.0868. The average molecular weight is 703 g/mol. The molecule has 8 rings (SSSR count). The van der Waals surface area contributed by atoms with Gasteiger partial charge in [-0.2, -0.15) is 0 Å². The van der Waals surface area contributed by atoms with Crippen LogP contribution in [0.1, 0.15) is 114 Å². The molecule has 2 fully saturated rings. The molecule has 1 N–H and O–H groups in total. The van der Waals surface area contributed by atoms with Crippen LogP contribution in [0.5, 0.6) is 0 Å². The van der Waals surface area contributed by atoms with E-state index in [0.29, 0.717) is 66.8 Å². The molecule has 2 aromatic heterocycles. The fourth-order valence-corrected chi connectivity index (χ4v) is 9.97.